The lowest BCUT2D eigenvalue weighted by molar-refractivity contribution is -0.157. The summed E-state index contributed by atoms with van der Waals surface area (Å²) in [5, 5.41) is 36.1. The van der Waals surface area contributed by atoms with Gasteiger partial charge in [0.05, 0.1) is 22.9 Å². The molecule has 1 fully saturated rings. The molecule has 2 aromatic rings. The number of aromatic amines is 1. The molecule has 0 bridgehead atoms. The van der Waals surface area contributed by atoms with Crippen LogP contribution in [0.4, 0.5) is 0 Å². The highest BCUT2D eigenvalue weighted by atomic mass is 16.5. The number of benzene rings is 1. The lowest BCUT2D eigenvalue weighted by atomic mass is 9.44. The molecule has 7 atom stereocenters. The molecule has 1 aromatic heterocycles. The molecule has 234 valence electrons. The van der Waals surface area contributed by atoms with Crippen LogP contribution in [0.5, 0.6) is 0 Å². The van der Waals surface area contributed by atoms with Crippen LogP contribution >= 0.6 is 0 Å². The topological polar surface area (TPSA) is 112 Å². The number of ether oxygens (including phenoxy) is 2. The van der Waals surface area contributed by atoms with Crippen LogP contribution in [0.1, 0.15) is 103 Å². The molecule has 3 heterocycles. The third-order valence-electron chi connectivity index (χ3n) is 12.7. The van der Waals surface area contributed by atoms with Gasteiger partial charge in [-0.25, -0.2) is 0 Å². The quantitative estimate of drug-likeness (QED) is 0.334. The second-order valence-corrected chi connectivity index (χ2v) is 16.5. The summed E-state index contributed by atoms with van der Waals surface area (Å²) in [7, 11) is 0. The van der Waals surface area contributed by atoms with Crippen LogP contribution < -0.4 is 0 Å². The first kappa shape index (κ1) is 28.7. The van der Waals surface area contributed by atoms with Gasteiger partial charge in [-0.05, 0) is 126 Å². The molecule has 0 radical (unpaired) electrons. The van der Waals surface area contributed by atoms with Gasteiger partial charge in [0, 0.05) is 38.9 Å². The standard InChI is InChI=1S/C37H45NO6/c1-32(2)17-23-19-15-25-20(14-21(19)29(40)28(23)34(5,6)44-32)22-13-18-9-12-37(42)24-16-26(39)31(33(3,4)41)43-27(24)10-11-35(37,7)36(18,8)30(22)38-25/h10,14-18,28-29,31,38,40-42H,9,11-13H2,1-8H3. The average Bonchev–Trinajstić information content (AvgIpc) is 3.50. The fraction of sp³-hybridized carbons (Fsp3) is 0.595. The van der Waals surface area contributed by atoms with Crippen molar-refractivity contribution in [1.29, 1.82) is 0 Å². The highest BCUT2D eigenvalue weighted by Crippen LogP contribution is 2.69. The van der Waals surface area contributed by atoms with E-state index in [-0.39, 0.29) is 11.7 Å². The molecule has 7 nitrogen and oxygen atoms in total. The van der Waals surface area contributed by atoms with E-state index in [9.17, 15) is 20.1 Å². The Morgan fingerprint density at radius 3 is 2.52 bits per heavy atom. The third kappa shape index (κ3) is 3.29. The molecule has 44 heavy (non-hydrogen) atoms. The molecule has 8 rings (SSSR count). The molecule has 7 unspecified atom stereocenters. The number of aliphatic hydroxyl groups is 3. The van der Waals surface area contributed by atoms with Crippen LogP contribution in [0.3, 0.4) is 0 Å². The number of aromatic nitrogens is 1. The van der Waals surface area contributed by atoms with Gasteiger partial charge in [-0.3, -0.25) is 4.79 Å². The first-order chi connectivity index (χ1) is 20.3. The molecular weight excluding hydrogens is 554 g/mol. The van der Waals surface area contributed by atoms with Gasteiger partial charge in [-0.2, -0.15) is 0 Å². The fourth-order valence-electron chi connectivity index (χ4n) is 10.5. The predicted octanol–water partition coefficient (Wildman–Crippen LogP) is 5.72. The zero-order chi connectivity index (χ0) is 31.6. The number of H-pyrrole nitrogens is 1. The first-order valence-corrected chi connectivity index (χ1v) is 16.2. The van der Waals surface area contributed by atoms with Crippen LogP contribution in [0.15, 0.2) is 41.7 Å². The van der Waals surface area contributed by atoms with Gasteiger partial charge >= 0.3 is 0 Å². The van der Waals surface area contributed by atoms with E-state index in [0.717, 1.165) is 46.1 Å². The van der Waals surface area contributed by atoms with Crippen molar-refractivity contribution >= 4 is 22.3 Å². The van der Waals surface area contributed by atoms with E-state index in [0.29, 0.717) is 30.1 Å². The molecule has 0 amide bonds. The van der Waals surface area contributed by atoms with E-state index in [1.165, 1.54) is 11.6 Å². The van der Waals surface area contributed by atoms with E-state index >= 15 is 0 Å². The minimum absolute atomic E-state index is 0.132. The summed E-state index contributed by atoms with van der Waals surface area (Å²) in [6, 6.07) is 4.42. The van der Waals surface area contributed by atoms with E-state index in [2.05, 4.69) is 64.7 Å². The molecule has 0 spiro atoms. The maximum atomic E-state index is 13.2. The van der Waals surface area contributed by atoms with Crippen molar-refractivity contribution in [3.63, 3.8) is 0 Å². The van der Waals surface area contributed by atoms with Crippen LogP contribution in [-0.2, 0) is 26.1 Å². The lowest BCUT2D eigenvalue weighted by Crippen LogP contribution is -2.65. The highest BCUT2D eigenvalue weighted by Gasteiger charge is 2.69. The van der Waals surface area contributed by atoms with Crippen molar-refractivity contribution in [2.45, 2.75) is 121 Å². The highest BCUT2D eigenvalue weighted by molar-refractivity contribution is 5.97. The van der Waals surface area contributed by atoms with Crippen LogP contribution in [0.25, 0.3) is 16.5 Å². The maximum Gasteiger partial charge on any atom is 0.199 e. The monoisotopic (exact) mass is 599 g/mol. The van der Waals surface area contributed by atoms with Crippen molar-refractivity contribution in [2.75, 3.05) is 0 Å². The van der Waals surface area contributed by atoms with Crippen LogP contribution in [-0.4, -0.2) is 54.6 Å². The Balaban J connectivity index is 1.26. The lowest BCUT2D eigenvalue weighted by Gasteiger charge is -2.62. The second kappa shape index (κ2) is 8.16. The molecule has 2 aliphatic heterocycles. The minimum Gasteiger partial charge on any atom is -0.479 e. The summed E-state index contributed by atoms with van der Waals surface area (Å²) in [5.41, 5.74) is 2.66. The third-order valence-corrected chi connectivity index (χ3v) is 12.7. The summed E-state index contributed by atoms with van der Waals surface area (Å²) in [4.78, 5) is 17.1. The predicted molar refractivity (Wildman–Crippen MR) is 168 cm³/mol. The molecule has 1 saturated carbocycles. The van der Waals surface area contributed by atoms with Gasteiger partial charge in [-0.1, -0.05) is 13.8 Å². The Kier molecular flexibility index (Phi) is 5.33. The molecule has 7 heteroatoms. The zero-order valence-corrected chi connectivity index (χ0v) is 27.1. The van der Waals surface area contributed by atoms with Crippen LogP contribution in [0.2, 0.25) is 0 Å². The van der Waals surface area contributed by atoms with Crippen molar-refractivity contribution < 1.29 is 29.6 Å². The first-order valence-electron chi connectivity index (χ1n) is 16.2. The molecule has 4 N–H and O–H groups in total. The van der Waals surface area contributed by atoms with Crippen molar-refractivity contribution in [3.05, 3.63) is 64.1 Å². The van der Waals surface area contributed by atoms with E-state index in [4.69, 9.17) is 9.47 Å². The van der Waals surface area contributed by atoms with Crippen LogP contribution in [0, 0.1) is 17.3 Å². The van der Waals surface area contributed by atoms with Gasteiger partial charge < -0.3 is 29.8 Å². The summed E-state index contributed by atoms with van der Waals surface area (Å²) in [5.74, 6) is 0.388. The Labute approximate surface area is 259 Å². The minimum atomic E-state index is -1.34. The number of allylic oxidation sites excluding steroid dienone is 1. The van der Waals surface area contributed by atoms with Crippen molar-refractivity contribution in [1.82, 2.24) is 4.98 Å². The van der Waals surface area contributed by atoms with Gasteiger partial charge in [0.15, 0.2) is 11.9 Å². The summed E-state index contributed by atoms with van der Waals surface area (Å²) in [6.07, 6.45) is 6.91. The Bertz CT molecular complexity index is 1770. The van der Waals surface area contributed by atoms with Gasteiger partial charge in [-0.15, -0.1) is 0 Å². The SMILES string of the molecule is CC1(C)C=C2c3cc4[nH]c5c(c4cc3C(O)C2C(C)(C)O1)CC1CCC2(O)C3=CC(=O)C(C(C)(C)O)OC3=CCC2(C)C51C. The summed E-state index contributed by atoms with van der Waals surface area (Å²) < 4.78 is 12.5. The molecule has 0 saturated heterocycles. The largest absolute Gasteiger partial charge is 0.479 e. The molecule has 1 aromatic carbocycles. The summed E-state index contributed by atoms with van der Waals surface area (Å²) in [6.45, 7) is 15.9. The van der Waals surface area contributed by atoms with Gasteiger partial charge in [0.2, 0.25) is 0 Å². The smallest absolute Gasteiger partial charge is 0.199 e. The fourth-order valence-corrected chi connectivity index (χ4v) is 10.5. The number of carbonyl (C=O) groups excluding carboxylic acids is 1. The Morgan fingerprint density at radius 2 is 1.82 bits per heavy atom. The number of ketones is 1. The van der Waals surface area contributed by atoms with Gasteiger partial charge in [0.1, 0.15) is 11.4 Å². The number of rotatable bonds is 1. The van der Waals surface area contributed by atoms with E-state index in [1.54, 1.807) is 13.8 Å². The maximum absolute atomic E-state index is 13.2. The number of hydrogen-bond donors (Lipinski definition) is 4. The molecule has 6 aliphatic rings. The van der Waals surface area contributed by atoms with E-state index in [1.807, 2.05) is 6.08 Å². The number of hydrogen-bond acceptors (Lipinski definition) is 6. The normalized spacial score (nSPS) is 39.6. The summed E-state index contributed by atoms with van der Waals surface area (Å²) >= 11 is 0. The number of nitrogens with one attached hydrogen (secondary N) is 1. The van der Waals surface area contributed by atoms with E-state index < -0.39 is 45.4 Å². The number of carbonyl (C=O) groups is 1. The average molecular weight is 600 g/mol. The number of fused-ring (bicyclic) bond motifs is 12. The Hall–Kier alpha value is -2.71. The molecular formula is C37H45NO6. The molecule has 4 aliphatic carbocycles. The Morgan fingerprint density at radius 1 is 1.09 bits per heavy atom. The van der Waals surface area contributed by atoms with Crippen molar-refractivity contribution in [2.24, 2.45) is 17.3 Å². The number of aliphatic hydroxyl groups excluding tert-OH is 1. The van der Waals surface area contributed by atoms with Crippen molar-refractivity contribution in [3.8, 4) is 0 Å². The zero-order valence-electron chi connectivity index (χ0n) is 27.1. The second-order valence-electron chi connectivity index (χ2n) is 16.5. The van der Waals surface area contributed by atoms with Gasteiger partial charge in [0.25, 0.3) is 0 Å².